The maximum Gasteiger partial charge on any atom is 0.223 e. The first-order chi connectivity index (χ1) is 9.22. The van der Waals surface area contributed by atoms with Crippen LogP contribution in [0.15, 0.2) is 24.5 Å². The number of aromatic nitrogens is 1. The SMILES string of the molecule is CCC1CCCN1C(=O)CCC(=O)c1cccnc1. The molecule has 1 aromatic rings. The second-order valence-corrected chi connectivity index (χ2v) is 4.96. The Hall–Kier alpha value is -1.71. The topological polar surface area (TPSA) is 50.3 Å². The van der Waals surface area contributed by atoms with Crippen LogP contribution in [0, 0.1) is 0 Å². The highest BCUT2D eigenvalue weighted by atomic mass is 16.2. The molecule has 19 heavy (non-hydrogen) atoms. The number of ketones is 1. The zero-order valence-electron chi connectivity index (χ0n) is 11.3. The third-order valence-corrected chi connectivity index (χ3v) is 3.72. The first kappa shape index (κ1) is 13.7. The Bertz CT molecular complexity index is 445. The molecule has 1 fully saturated rings. The minimum atomic E-state index is -0.00584. The van der Waals surface area contributed by atoms with Gasteiger partial charge in [0.2, 0.25) is 5.91 Å². The van der Waals surface area contributed by atoms with E-state index < -0.39 is 0 Å². The van der Waals surface area contributed by atoms with Gasteiger partial charge in [-0.15, -0.1) is 0 Å². The maximum atomic E-state index is 12.1. The van der Waals surface area contributed by atoms with Gasteiger partial charge in [0.05, 0.1) is 0 Å². The Kier molecular flexibility index (Phi) is 4.66. The van der Waals surface area contributed by atoms with E-state index in [0.717, 1.165) is 25.8 Å². The molecule has 0 saturated carbocycles. The van der Waals surface area contributed by atoms with Crippen LogP contribution in [0.2, 0.25) is 0 Å². The monoisotopic (exact) mass is 260 g/mol. The summed E-state index contributed by atoms with van der Waals surface area (Å²) in [5.41, 5.74) is 0.587. The Morgan fingerprint density at radius 2 is 2.26 bits per heavy atom. The van der Waals surface area contributed by atoms with Gasteiger partial charge in [-0.3, -0.25) is 14.6 Å². The fourth-order valence-corrected chi connectivity index (χ4v) is 2.62. The van der Waals surface area contributed by atoms with Gasteiger partial charge in [-0.1, -0.05) is 6.92 Å². The minimum absolute atomic E-state index is 0.00584. The number of hydrogen-bond acceptors (Lipinski definition) is 3. The van der Waals surface area contributed by atoms with E-state index in [0.29, 0.717) is 18.0 Å². The number of likely N-dealkylation sites (tertiary alicyclic amines) is 1. The van der Waals surface area contributed by atoms with Crippen molar-refractivity contribution < 1.29 is 9.59 Å². The van der Waals surface area contributed by atoms with Crippen molar-refractivity contribution in [3.05, 3.63) is 30.1 Å². The van der Waals surface area contributed by atoms with E-state index in [1.54, 1.807) is 24.5 Å². The molecule has 1 atom stereocenters. The molecule has 1 saturated heterocycles. The van der Waals surface area contributed by atoms with E-state index in [1.807, 2.05) is 4.90 Å². The van der Waals surface area contributed by atoms with Crippen LogP contribution in [0.4, 0.5) is 0 Å². The molecule has 1 aliphatic rings. The van der Waals surface area contributed by atoms with Crippen molar-refractivity contribution in [2.75, 3.05) is 6.54 Å². The Labute approximate surface area is 113 Å². The van der Waals surface area contributed by atoms with Crippen molar-refractivity contribution in [3.8, 4) is 0 Å². The van der Waals surface area contributed by atoms with Crippen LogP contribution in [0.5, 0.6) is 0 Å². The average Bonchev–Trinajstić information content (AvgIpc) is 2.93. The van der Waals surface area contributed by atoms with E-state index in [-0.39, 0.29) is 18.1 Å². The number of amides is 1. The smallest absolute Gasteiger partial charge is 0.223 e. The lowest BCUT2D eigenvalue weighted by Gasteiger charge is -2.23. The average molecular weight is 260 g/mol. The van der Waals surface area contributed by atoms with Gasteiger partial charge in [0.25, 0.3) is 0 Å². The molecule has 0 radical (unpaired) electrons. The fraction of sp³-hybridized carbons (Fsp3) is 0.533. The molecule has 0 aromatic carbocycles. The van der Waals surface area contributed by atoms with Crippen LogP contribution in [0.1, 0.15) is 49.4 Å². The van der Waals surface area contributed by atoms with Crippen molar-refractivity contribution in [1.29, 1.82) is 0 Å². The van der Waals surface area contributed by atoms with Crippen LogP contribution < -0.4 is 0 Å². The summed E-state index contributed by atoms with van der Waals surface area (Å²) in [4.78, 5) is 29.9. The molecule has 0 aliphatic carbocycles. The quantitative estimate of drug-likeness (QED) is 0.764. The van der Waals surface area contributed by atoms with Gasteiger partial charge < -0.3 is 4.90 Å². The lowest BCUT2D eigenvalue weighted by atomic mass is 10.1. The molecule has 0 N–H and O–H groups in total. The van der Waals surface area contributed by atoms with Gasteiger partial charge in [0, 0.05) is 43.4 Å². The van der Waals surface area contributed by atoms with Gasteiger partial charge >= 0.3 is 0 Å². The van der Waals surface area contributed by atoms with E-state index in [9.17, 15) is 9.59 Å². The lowest BCUT2D eigenvalue weighted by molar-refractivity contribution is -0.132. The molecule has 1 unspecified atom stereocenters. The van der Waals surface area contributed by atoms with Gasteiger partial charge in [-0.25, -0.2) is 0 Å². The molecule has 0 spiro atoms. The third-order valence-electron chi connectivity index (χ3n) is 3.72. The molecule has 2 rings (SSSR count). The van der Waals surface area contributed by atoms with Gasteiger partial charge in [0.1, 0.15) is 0 Å². The predicted octanol–water partition coefficient (Wildman–Crippen LogP) is 2.45. The number of nitrogens with zero attached hydrogens (tertiary/aromatic N) is 2. The van der Waals surface area contributed by atoms with Crippen molar-refractivity contribution in [2.45, 2.75) is 45.1 Å². The highest BCUT2D eigenvalue weighted by Crippen LogP contribution is 2.21. The van der Waals surface area contributed by atoms with Crippen LogP contribution >= 0.6 is 0 Å². The summed E-state index contributed by atoms with van der Waals surface area (Å²) in [6.45, 7) is 2.95. The molecular formula is C15H20N2O2. The van der Waals surface area contributed by atoms with E-state index in [1.165, 1.54) is 0 Å². The second-order valence-electron chi connectivity index (χ2n) is 4.96. The van der Waals surface area contributed by atoms with Crippen molar-refractivity contribution in [3.63, 3.8) is 0 Å². The lowest BCUT2D eigenvalue weighted by Crippen LogP contribution is -2.35. The fourth-order valence-electron chi connectivity index (χ4n) is 2.62. The molecule has 102 valence electrons. The van der Waals surface area contributed by atoms with Crippen molar-refractivity contribution in [2.24, 2.45) is 0 Å². The number of pyridine rings is 1. The zero-order valence-corrected chi connectivity index (χ0v) is 11.3. The summed E-state index contributed by atoms with van der Waals surface area (Å²) in [6.07, 6.45) is 6.96. The molecule has 1 aromatic heterocycles. The number of carbonyl (C=O) groups is 2. The van der Waals surface area contributed by atoms with Crippen LogP contribution in [0.3, 0.4) is 0 Å². The van der Waals surface area contributed by atoms with Gasteiger partial charge in [0.15, 0.2) is 5.78 Å². The largest absolute Gasteiger partial charge is 0.340 e. The van der Waals surface area contributed by atoms with E-state index in [2.05, 4.69) is 11.9 Å². The zero-order chi connectivity index (χ0) is 13.7. The van der Waals surface area contributed by atoms with Gasteiger partial charge in [-0.2, -0.15) is 0 Å². The van der Waals surface area contributed by atoms with Crippen molar-refractivity contribution >= 4 is 11.7 Å². The molecule has 4 heteroatoms. The summed E-state index contributed by atoms with van der Waals surface area (Å²) in [7, 11) is 0. The summed E-state index contributed by atoms with van der Waals surface area (Å²) in [5.74, 6) is 0.107. The molecule has 4 nitrogen and oxygen atoms in total. The van der Waals surface area contributed by atoms with E-state index in [4.69, 9.17) is 0 Å². The van der Waals surface area contributed by atoms with Crippen LogP contribution in [-0.2, 0) is 4.79 Å². The normalized spacial score (nSPS) is 18.6. The van der Waals surface area contributed by atoms with Crippen molar-refractivity contribution in [1.82, 2.24) is 9.88 Å². The Morgan fingerprint density at radius 3 is 2.95 bits per heavy atom. The molecule has 0 bridgehead atoms. The third kappa shape index (κ3) is 3.40. The molecular weight excluding hydrogens is 240 g/mol. The standard InChI is InChI=1S/C15H20N2O2/c1-2-13-6-4-10-17(13)15(19)8-7-14(18)12-5-3-9-16-11-12/h3,5,9,11,13H,2,4,6-8,10H2,1H3. The Balaban J connectivity index is 1.85. The minimum Gasteiger partial charge on any atom is -0.340 e. The van der Waals surface area contributed by atoms with Gasteiger partial charge in [-0.05, 0) is 31.4 Å². The summed E-state index contributed by atoms with van der Waals surface area (Å²) < 4.78 is 0. The number of Topliss-reactive ketones (excluding diaryl/α,β-unsaturated/α-hetero) is 1. The molecule has 1 aliphatic heterocycles. The maximum absolute atomic E-state index is 12.1. The summed E-state index contributed by atoms with van der Waals surface area (Å²) in [5, 5.41) is 0. The highest BCUT2D eigenvalue weighted by Gasteiger charge is 2.27. The summed E-state index contributed by atoms with van der Waals surface area (Å²) in [6, 6.07) is 3.86. The molecule has 2 heterocycles. The molecule has 1 amide bonds. The first-order valence-corrected chi connectivity index (χ1v) is 6.95. The number of rotatable bonds is 5. The van der Waals surface area contributed by atoms with Crippen LogP contribution in [-0.4, -0.2) is 34.2 Å². The summed E-state index contributed by atoms with van der Waals surface area (Å²) >= 11 is 0. The first-order valence-electron chi connectivity index (χ1n) is 6.95. The number of hydrogen-bond donors (Lipinski definition) is 0. The predicted molar refractivity (Wildman–Crippen MR) is 72.8 cm³/mol. The number of carbonyl (C=O) groups excluding carboxylic acids is 2. The highest BCUT2D eigenvalue weighted by molar-refractivity contribution is 5.97. The Morgan fingerprint density at radius 1 is 1.42 bits per heavy atom. The van der Waals surface area contributed by atoms with Crippen LogP contribution in [0.25, 0.3) is 0 Å². The van der Waals surface area contributed by atoms with E-state index >= 15 is 0 Å². The second kappa shape index (κ2) is 6.45.